The van der Waals surface area contributed by atoms with Crippen molar-refractivity contribution in [2.45, 2.75) is 31.7 Å². The fraction of sp³-hybridized carbons (Fsp3) is 0.750. The lowest BCUT2D eigenvalue weighted by Gasteiger charge is -2.33. The molecule has 1 atom stereocenters. The lowest BCUT2D eigenvalue weighted by Crippen LogP contribution is -2.40. The van der Waals surface area contributed by atoms with E-state index in [2.05, 4.69) is 28.5 Å². The fourth-order valence-electron chi connectivity index (χ4n) is 2.94. The quantitative estimate of drug-likeness (QED) is 0.759. The highest BCUT2D eigenvalue weighted by Gasteiger charge is 2.27. The Bertz CT molecular complexity index is 472. The van der Waals surface area contributed by atoms with Crippen molar-refractivity contribution in [3.05, 3.63) is 18.2 Å². The van der Waals surface area contributed by atoms with Gasteiger partial charge in [-0.05, 0) is 26.9 Å². The lowest BCUT2D eigenvalue weighted by atomic mass is 9.97. The lowest BCUT2D eigenvalue weighted by molar-refractivity contribution is -0.133. The molecule has 0 spiro atoms. The number of carbonyl (C=O) groups excluding carboxylic acids is 1. The Morgan fingerprint density at radius 1 is 1.50 bits per heavy atom. The van der Waals surface area contributed by atoms with Crippen molar-refractivity contribution >= 4 is 5.91 Å². The number of methoxy groups -OCH3 is 1. The summed E-state index contributed by atoms with van der Waals surface area (Å²) in [5.41, 5.74) is 0. The summed E-state index contributed by atoms with van der Waals surface area (Å²) < 4.78 is 7.24. The normalized spacial score (nSPS) is 18.9. The summed E-state index contributed by atoms with van der Waals surface area (Å²) in [6, 6.07) is 0. The summed E-state index contributed by atoms with van der Waals surface area (Å²) in [6.45, 7) is 4.07. The van der Waals surface area contributed by atoms with Gasteiger partial charge in [-0.15, -0.1) is 0 Å². The summed E-state index contributed by atoms with van der Waals surface area (Å²) in [5.74, 6) is 1.65. The summed E-state index contributed by atoms with van der Waals surface area (Å²) in [4.78, 5) is 20.9. The van der Waals surface area contributed by atoms with Gasteiger partial charge in [-0.1, -0.05) is 0 Å². The smallest absolute Gasteiger partial charge is 0.224 e. The highest BCUT2D eigenvalue weighted by Crippen LogP contribution is 2.26. The molecule has 1 fully saturated rings. The predicted molar refractivity (Wildman–Crippen MR) is 85.8 cm³/mol. The van der Waals surface area contributed by atoms with E-state index in [1.165, 1.54) is 0 Å². The summed E-state index contributed by atoms with van der Waals surface area (Å²) >= 11 is 0. The van der Waals surface area contributed by atoms with Crippen LogP contribution in [-0.2, 0) is 16.1 Å². The van der Waals surface area contributed by atoms with Gasteiger partial charge in [0.1, 0.15) is 5.82 Å². The molecular weight excluding hydrogens is 280 g/mol. The van der Waals surface area contributed by atoms with E-state index in [0.29, 0.717) is 18.9 Å². The van der Waals surface area contributed by atoms with Crippen molar-refractivity contribution < 1.29 is 9.53 Å². The van der Waals surface area contributed by atoms with Gasteiger partial charge in [0.15, 0.2) is 0 Å². The first-order valence-electron chi connectivity index (χ1n) is 8.04. The standard InChI is InChI=1S/C16H28N4O2/c1-18(2)10-11-19-9-7-17-16(19)14-5-4-8-20(13-14)15(21)6-12-22-3/h7,9,14H,4-6,8,10-13H2,1-3H3. The first kappa shape index (κ1) is 17.0. The number of imidazole rings is 1. The van der Waals surface area contributed by atoms with Crippen molar-refractivity contribution in [3.63, 3.8) is 0 Å². The van der Waals surface area contributed by atoms with Crippen LogP contribution in [0.4, 0.5) is 0 Å². The van der Waals surface area contributed by atoms with Gasteiger partial charge >= 0.3 is 0 Å². The molecule has 1 unspecified atom stereocenters. The first-order valence-corrected chi connectivity index (χ1v) is 8.04. The van der Waals surface area contributed by atoms with Crippen LogP contribution in [0.5, 0.6) is 0 Å². The molecule has 0 aromatic carbocycles. The summed E-state index contributed by atoms with van der Waals surface area (Å²) in [5, 5.41) is 0. The van der Waals surface area contributed by atoms with Crippen LogP contribution in [0.15, 0.2) is 12.4 Å². The van der Waals surface area contributed by atoms with Crippen LogP contribution in [0.3, 0.4) is 0 Å². The highest BCUT2D eigenvalue weighted by molar-refractivity contribution is 5.76. The third-order valence-corrected chi connectivity index (χ3v) is 4.20. The molecule has 1 aliphatic rings. The average Bonchev–Trinajstić information content (AvgIpc) is 2.99. The second-order valence-corrected chi connectivity index (χ2v) is 6.20. The van der Waals surface area contributed by atoms with Crippen molar-refractivity contribution in [2.75, 3.05) is 47.4 Å². The molecule has 0 saturated carbocycles. The van der Waals surface area contributed by atoms with Crippen molar-refractivity contribution in [1.82, 2.24) is 19.4 Å². The number of piperidine rings is 1. The monoisotopic (exact) mass is 308 g/mol. The van der Waals surface area contributed by atoms with E-state index in [1.807, 2.05) is 17.3 Å². The van der Waals surface area contributed by atoms with Crippen LogP contribution in [0.2, 0.25) is 0 Å². The van der Waals surface area contributed by atoms with Crippen LogP contribution in [0.25, 0.3) is 0 Å². The van der Waals surface area contributed by atoms with E-state index in [-0.39, 0.29) is 5.91 Å². The zero-order valence-corrected chi connectivity index (χ0v) is 14.0. The minimum atomic E-state index is 0.193. The Morgan fingerprint density at radius 3 is 3.05 bits per heavy atom. The molecule has 6 nitrogen and oxygen atoms in total. The number of hydrogen-bond donors (Lipinski definition) is 0. The predicted octanol–water partition coefficient (Wildman–Crippen LogP) is 1.19. The number of amides is 1. The van der Waals surface area contributed by atoms with Crippen LogP contribution in [0, 0.1) is 0 Å². The van der Waals surface area contributed by atoms with Crippen molar-refractivity contribution in [1.29, 1.82) is 0 Å². The molecule has 1 amide bonds. The highest BCUT2D eigenvalue weighted by atomic mass is 16.5. The van der Waals surface area contributed by atoms with Gasteiger partial charge in [-0.2, -0.15) is 0 Å². The van der Waals surface area contributed by atoms with E-state index < -0.39 is 0 Å². The molecule has 2 rings (SSSR count). The van der Waals surface area contributed by atoms with Gasteiger partial charge in [0, 0.05) is 51.6 Å². The van der Waals surface area contributed by atoms with Crippen LogP contribution >= 0.6 is 0 Å². The molecule has 1 aromatic heterocycles. The first-order chi connectivity index (χ1) is 10.6. The third kappa shape index (κ3) is 4.55. The van der Waals surface area contributed by atoms with Crippen LogP contribution < -0.4 is 0 Å². The molecule has 2 heterocycles. The number of ether oxygens (including phenoxy) is 1. The van der Waals surface area contributed by atoms with Gasteiger partial charge in [0.05, 0.1) is 13.0 Å². The van der Waals surface area contributed by atoms with Gasteiger partial charge in [-0.3, -0.25) is 4.79 Å². The molecule has 1 aromatic rings. The number of carbonyl (C=O) groups is 1. The topological polar surface area (TPSA) is 50.6 Å². The molecule has 1 saturated heterocycles. The number of rotatable bonds is 7. The number of hydrogen-bond acceptors (Lipinski definition) is 4. The molecule has 1 aliphatic heterocycles. The SMILES string of the molecule is COCCC(=O)N1CCCC(c2nccn2CCN(C)C)C1. The minimum Gasteiger partial charge on any atom is -0.384 e. The second-order valence-electron chi connectivity index (χ2n) is 6.20. The van der Waals surface area contributed by atoms with Gasteiger partial charge in [0.2, 0.25) is 5.91 Å². The largest absolute Gasteiger partial charge is 0.384 e. The fourth-order valence-corrected chi connectivity index (χ4v) is 2.94. The van der Waals surface area contributed by atoms with Gasteiger partial charge in [0.25, 0.3) is 0 Å². The Hall–Kier alpha value is -1.40. The van der Waals surface area contributed by atoms with Crippen molar-refractivity contribution in [3.8, 4) is 0 Å². The van der Waals surface area contributed by atoms with Crippen molar-refractivity contribution in [2.24, 2.45) is 0 Å². The Kier molecular flexibility index (Phi) is 6.39. The zero-order valence-electron chi connectivity index (χ0n) is 14.0. The maximum absolute atomic E-state index is 12.2. The van der Waals surface area contributed by atoms with E-state index in [0.717, 1.165) is 44.8 Å². The number of nitrogens with zero attached hydrogens (tertiary/aromatic N) is 4. The maximum atomic E-state index is 12.2. The van der Waals surface area contributed by atoms with E-state index in [4.69, 9.17) is 4.74 Å². The Labute approximate surface area is 133 Å². The molecule has 6 heteroatoms. The number of likely N-dealkylation sites (tertiary alicyclic amines) is 1. The Balaban J connectivity index is 1.97. The molecule has 22 heavy (non-hydrogen) atoms. The maximum Gasteiger partial charge on any atom is 0.224 e. The Morgan fingerprint density at radius 2 is 2.32 bits per heavy atom. The second kappa shape index (κ2) is 8.29. The van der Waals surface area contributed by atoms with Crippen LogP contribution in [-0.4, -0.2) is 72.7 Å². The molecule has 0 N–H and O–H groups in total. The average molecular weight is 308 g/mol. The summed E-state index contributed by atoms with van der Waals surface area (Å²) in [6.07, 6.45) is 6.54. The zero-order chi connectivity index (χ0) is 15.9. The van der Waals surface area contributed by atoms with E-state index in [1.54, 1.807) is 7.11 Å². The molecule has 124 valence electrons. The molecule has 0 radical (unpaired) electrons. The van der Waals surface area contributed by atoms with Gasteiger partial charge < -0.3 is 19.1 Å². The number of likely N-dealkylation sites (N-methyl/N-ethyl adjacent to an activating group) is 1. The minimum absolute atomic E-state index is 0.193. The summed E-state index contributed by atoms with van der Waals surface area (Å²) in [7, 11) is 5.79. The molecule has 0 aliphatic carbocycles. The molecule has 0 bridgehead atoms. The van der Waals surface area contributed by atoms with E-state index >= 15 is 0 Å². The number of aromatic nitrogens is 2. The third-order valence-electron chi connectivity index (χ3n) is 4.20. The molecular formula is C16H28N4O2. The van der Waals surface area contributed by atoms with Gasteiger partial charge in [-0.25, -0.2) is 4.98 Å². The van der Waals surface area contributed by atoms with Crippen LogP contribution in [0.1, 0.15) is 31.0 Å². The van der Waals surface area contributed by atoms with E-state index in [9.17, 15) is 4.79 Å².